The van der Waals surface area contributed by atoms with E-state index in [1.807, 2.05) is 0 Å². The molecule has 0 aliphatic rings. The van der Waals surface area contributed by atoms with E-state index in [0.29, 0.717) is 0 Å². The minimum absolute atomic E-state index is 0.0119. The molecule has 1 rings (SSSR count). The van der Waals surface area contributed by atoms with Gasteiger partial charge in [-0.1, -0.05) is 6.08 Å². The Balaban J connectivity index is 2.57. The minimum Gasteiger partial charge on any atom is -0.457 e. The number of hydrogen-bond acceptors (Lipinski definition) is 4. The third-order valence-corrected chi connectivity index (χ3v) is 1.22. The number of esters is 2. The van der Waals surface area contributed by atoms with E-state index in [4.69, 9.17) is 4.42 Å². The molecule has 1 aromatic heterocycles. The predicted octanol–water partition coefficient (Wildman–Crippen LogP) is 1.54. The Hall–Kier alpha value is -1.84. The lowest BCUT2D eigenvalue weighted by Gasteiger charge is -1.94. The number of ether oxygens (including phenoxy) is 1. The molecule has 0 aromatic carbocycles. The fourth-order valence-electron chi connectivity index (χ4n) is 0.706. The van der Waals surface area contributed by atoms with E-state index in [2.05, 4.69) is 4.74 Å². The van der Waals surface area contributed by atoms with Crippen LogP contribution < -0.4 is 0 Å². The molecule has 0 amide bonds. The summed E-state index contributed by atoms with van der Waals surface area (Å²) >= 11 is 0. The van der Waals surface area contributed by atoms with Gasteiger partial charge in [-0.05, 0) is 19.1 Å². The van der Waals surface area contributed by atoms with Gasteiger partial charge in [-0.25, -0.2) is 9.59 Å². The van der Waals surface area contributed by atoms with Crippen molar-refractivity contribution in [3.05, 3.63) is 36.3 Å². The van der Waals surface area contributed by atoms with Gasteiger partial charge in [0.2, 0.25) is 5.76 Å². The highest BCUT2D eigenvalue weighted by Gasteiger charge is 2.12. The van der Waals surface area contributed by atoms with E-state index in [-0.39, 0.29) is 5.76 Å². The van der Waals surface area contributed by atoms with Crippen molar-refractivity contribution in [1.82, 2.24) is 0 Å². The molecule has 13 heavy (non-hydrogen) atoms. The quantitative estimate of drug-likeness (QED) is 0.393. The lowest BCUT2D eigenvalue weighted by Crippen LogP contribution is -2.09. The summed E-state index contributed by atoms with van der Waals surface area (Å²) < 4.78 is 9.10. The number of carbonyl (C=O) groups is 2. The lowest BCUT2D eigenvalue weighted by atomic mass is 10.4. The Bertz CT molecular complexity index is 321. The number of rotatable bonds is 2. The summed E-state index contributed by atoms with van der Waals surface area (Å²) in [6.07, 6.45) is 3.97. The summed E-state index contributed by atoms with van der Waals surface area (Å²) in [7, 11) is 0. The molecule has 0 saturated carbocycles. The molecule has 0 unspecified atom stereocenters. The van der Waals surface area contributed by atoms with Gasteiger partial charge in [0.1, 0.15) is 0 Å². The smallest absolute Gasteiger partial charge is 0.382 e. The van der Waals surface area contributed by atoms with Gasteiger partial charge in [0.05, 0.1) is 6.26 Å². The van der Waals surface area contributed by atoms with Crippen molar-refractivity contribution < 1.29 is 18.7 Å². The third kappa shape index (κ3) is 2.59. The maximum atomic E-state index is 11.0. The average Bonchev–Trinajstić information content (AvgIpc) is 2.55. The Kier molecular flexibility index (Phi) is 3.03. The van der Waals surface area contributed by atoms with Gasteiger partial charge in [-0.2, -0.15) is 0 Å². The molecule has 0 bridgehead atoms. The molecule has 0 atom stereocenters. The fraction of sp³-hybridized carbons (Fsp3) is 0.111. The van der Waals surface area contributed by atoms with Crippen LogP contribution in [-0.2, 0) is 9.53 Å². The Morgan fingerprint density at radius 2 is 2.31 bits per heavy atom. The second-order valence-corrected chi connectivity index (χ2v) is 2.19. The third-order valence-electron chi connectivity index (χ3n) is 1.22. The van der Waals surface area contributed by atoms with Crippen molar-refractivity contribution >= 4 is 11.9 Å². The number of carbonyl (C=O) groups excluding carboxylic acids is 2. The van der Waals surface area contributed by atoms with Gasteiger partial charge < -0.3 is 9.15 Å². The largest absolute Gasteiger partial charge is 0.457 e. The zero-order chi connectivity index (χ0) is 9.68. The molecule has 68 valence electrons. The van der Waals surface area contributed by atoms with Gasteiger partial charge in [0, 0.05) is 6.08 Å². The Morgan fingerprint density at radius 1 is 1.54 bits per heavy atom. The van der Waals surface area contributed by atoms with Gasteiger partial charge in [-0.15, -0.1) is 0 Å². The maximum Gasteiger partial charge on any atom is 0.382 e. The summed E-state index contributed by atoms with van der Waals surface area (Å²) in [6.45, 7) is 1.65. The lowest BCUT2D eigenvalue weighted by molar-refractivity contribution is -0.132. The molecule has 4 heteroatoms. The van der Waals surface area contributed by atoms with Gasteiger partial charge in [-0.3, -0.25) is 0 Å². The molecule has 0 aliphatic heterocycles. The van der Waals surface area contributed by atoms with Gasteiger partial charge in [0.15, 0.2) is 0 Å². The van der Waals surface area contributed by atoms with E-state index >= 15 is 0 Å². The highest BCUT2D eigenvalue weighted by atomic mass is 16.6. The van der Waals surface area contributed by atoms with E-state index < -0.39 is 11.9 Å². The molecule has 0 N–H and O–H groups in total. The van der Waals surface area contributed by atoms with Crippen molar-refractivity contribution in [3.8, 4) is 0 Å². The minimum atomic E-state index is -0.784. The summed E-state index contributed by atoms with van der Waals surface area (Å²) in [6, 6.07) is 2.96. The first-order valence-corrected chi connectivity index (χ1v) is 3.66. The molecule has 0 aliphatic carbocycles. The fourth-order valence-corrected chi connectivity index (χ4v) is 0.706. The van der Waals surface area contributed by atoms with Gasteiger partial charge >= 0.3 is 11.9 Å². The molecule has 0 spiro atoms. The van der Waals surface area contributed by atoms with Crippen LogP contribution in [0.4, 0.5) is 0 Å². The Labute approximate surface area is 74.8 Å². The standard InChI is InChI=1S/C9H8O4/c1-2-4-8(10)13-9(11)7-5-3-6-12-7/h2-6H,1H3/b4-2+. The van der Waals surface area contributed by atoms with E-state index in [1.165, 1.54) is 24.5 Å². The molecule has 0 saturated heterocycles. The van der Waals surface area contributed by atoms with Crippen molar-refractivity contribution in [2.45, 2.75) is 6.92 Å². The number of allylic oxidation sites excluding steroid dienone is 1. The average molecular weight is 180 g/mol. The predicted molar refractivity (Wildman–Crippen MR) is 43.9 cm³/mol. The highest BCUT2D eigenvalue weighted by molar-refractivity contribution is 5.98. The van der Waals surface area contributed by atoms with Crippen LogP contribution in [0.2, 0.25) is 0 Å². The van der Waals surface area contributed by atoms with Crippen LogP contribution in [0.3, 0.4) is 0 Å². The highest BCUT2D eigenvalue weighted by Crippen LogP contribution is 2.02. The van der Waals surface area contributed by atoms with Crippen LogP contribution in [0.15, 0.2) is 35.0 Å². The van der Waals surface area contributed by atoms with E-state index in [1.54, 1.807) is 6.92 Å². The molecule has 4 nitrogen and oxygen atoms in total. The van der Waals surface area contributed by atoms with Crippen molar-refractivity contribution in [2.24, 2.45) is 0 Å². The molecule has 0 radical (unpaired) electrons. The maximum absolute atomic E-state index is 11.0. The van der Waals surface area contributed by atoms with Crippen LogP contribution in [0.5, 0.6) is 0 Å². The van der Waals surface area contributed by atoms with Crippen molar-refractivity contribution in [1.29, 1.82) is 0 Å². The van der Waals surface area contributed by atoms with Gasteiger partial charge in [0.25, 0.3) is 0 Å². The Morgan fingerprint density at radius 3 is 2.85 bits per heavy atom. The number of hydrogen-bond donors (Lipinski definition) is 0. The van der Waals surface area contributed by atoms with Crippen LogP contribution in [0.1, 0.15) is 17.5 Å². The summed E-state index contributed by atoms with van der Waals surface area (Å²) in [5.41, 5.74) is 0. The first-order chi connectivity index (χ1) is 6.24. The normalized spacial score (nSPS) is 10.2. The molecule has 0 fully saturated rings. The molecule has 1 aromatic rings. The SMILES string of the molecule is C/C=C/C(=O)OC(=O)c1ccco1. The topological polar surface area (TPSA) is 56.5 Å². The van der Waals surface area contributed by atoms with Crippen LogP contribution in [0, 0.1) is 0 Å². The molecular formula is C9H8O4. The first kappa shape index (κ1) is 9.25. The van der Waals surface area contributed by atoms with Crippen LogP contribution in [-0.4, -0.2) is 11.9 Å². The zero-order valence-corrected chi connectivity index (χ0v) is 7.02. The van der Waals surface area contributed by atoms with Crippen LogP contribution in [0.25, 0.3) is 0 Å². The first-order valence-electron chi connectivity index (χ1n) is 3.66. The van der Waals surface area contributed by atoms with Crippen LogP contribution >= 0.6 is 0 Å². The molecule has 1 heterocycles. The molecular weight excluding hydrogens is 172 g/mol. The summed E-state index contributed by atoms with van der Waals surface area (Å²) in [4.78, 5) is 21.8. The number of furan rings is 1. The van der Waals surface area contributed by atoms with Crippen molar-refractivity contribution in [3.63, 3.8) is 0 Å². The summed E-state index contributed by atoms with van der Waals surface area (Å²) in [5, 5.41) is 0. The van der Waals surface area contributed by atoms with E-state index in [9.17, 15) is 9.59 Å². The second-order valence-electron chi connectivity index (χ2n) is 2.19. The van der Waals surface area contributed by atoms with E-state index in [0.717, 1.165) is 6.08 Å². The second kappa shape index (κ2) is 4.25. The monoisotopic (exact) mass is 180 g/mol. The zero-order valence-electron chi connectivity index (χ0n) is 7.02. The summed E-state index contributed by atoms with van der Waals surface area (Å²) in [5.74, 6) is -1.48. The van der Waals surface area contributed by atoms with Crippen molar-refractivity contribution in [2.75, 3.05) is 0 Å².